The van der Waals surface area contributed by atoms with E-state index < -0.39 is 24.1 Å². The lowest BCUT2D eigenvalue weighted by Gasteiger charge is -2.14. The van der Waals surface area contributed by atoms with Crippen molar-refractivity contribution in [3.05, 3.63) is 22.7 Å². The molecule has 1 aliphatic heterocycles. The number of hydrogen-bond acceptors (Lipinski definition) is 6. The molecular formula is C13H19N3O5. The van der Waals surface area contributed by atoms with Gasteiger partial charge in [0.05, 0.1) is 12.7 Å². The van der Waals surface area contributed by atoms with E-state index in [0.29, 0.717) is 0 Å². The first-order valence-corrected chi connectivity index (χ1v) is 6.76. The predicted molar refractivity (Wildman–Crippen MR) is 73.6 cm³/mol. The minimum absolute atomic E-state index is 0.173. The largest absolute Gasteiger partial charge is 0.394 e. The molecule has 1 amide bonds. The van der Waals surface area contributed by atoms with E-state index in [-0.39, 0.29) is 30.7 Å². The number of aromatic nitrogens is 2. The highest BCUT2D eigenvalue weighted by Gasteiger charge is 2.34. The molecule has 21 heavy (non-hydrogen) atoms. The molecule has 1 aliphatic rings. The first kappa shape index (κ1) is 15.6. The molecule has 1 saturated heterocycles. The van der Waals surface area contributed by atoms with Crippen LogP contribution in [0.15, 0.2) is 17.1 Å². The maximum absolute atomic E-state index is 12.0. The van der Waals surface area contributed by atoms with Crippen LogP contribution in [0.3, 0.4) is 0 Å². The van der Waals surface area contributed by atoms with E-state index in [4.69, 9.17) is 9.84 Å². The molecule has 8 heteroatoms. The Balaban J connectivity index is 2.13. The van der Waals surface area contributed by atoms with Crippen molar-refractivity contribution in [2.75, 3.05) is 11.9 Å². The van der Waals surface area contributed by atoms with Gasteiger partial charge in [0.25, 0.3) is 0 Å². The molecule has 8 nitrogen and oxygen atoms in total. The molecule has 3 N–H and O–H groups in total. The zero-order valence-corrected chi connectivity index (χ0v) is 11.9. The lowest BCUT2D eigenvalue weighted by Crippen LogP contribution is -2.29. The van der Waals surface area contributed by atoms with E-state index in [1.165, 1.54) is 16.8 Å². The Morgan fingerprint density at radius 3 is 2.86 bits per heavy atom. The number of aliphatic hydroxyl groups excluding tert-OH is 2. The molecule has 1 aromatic rings. The number of nitrogens with one attached hydrogen (secondary N) is 1. The number of nitrogens with zero attached hydrogens (tertiary/aromatic N) is 2. The molecule has 0 saturated carbocycles. The van der Waals surface area contributed by atoms with Gasteiger partial charge in [-0.3, -0.25) is 9.36 Å². The normalized spacial score (nSPS) is 25.3. The molecule has 2 rings (SSSR count). The zero-order chi connectivity index (χ0) is 15.6. The Morgan fingerprint density at radius 2 is 2.33 bits per heavy atom. The summed E-state index contributed by atoms with van der Waals surface area (Å²) < 4.78 is 6.61. The van der Waals surface area contributed by atoms with Crippen LogP contribution in [0.4, 0.5) is 5.82 Å². The highest BCUT2D eigenvalue weighted by Crippen LogP contribution is 2.27. The summed E-state index contributed by atoms with van der Waals surface area (Å²) in [6, 6.07) is 1.49. The fraction of sp³-hybridized carbons (Fsp3) is 0.615. The van der Waals surface area contributed by atoms with Crippen LogP contribution in [0.25, 0.3) is 0 Å². The van der Waals surface area contributed by atoms with Crippen molar-refractivity contribution in [3.63, 3.8) is 0 Å². The van der Waals surface area contributed by atoms with Crippen molar-refractivity contribution in [2.24, 2.45) is 5.92 Å². The first-order valence-electron chi connectivity index (χ1n) is 6.76. The molecule has 0 aliphatic carbocycles. The highest BCUT2D eigenvalue weighted by molar-refractivity contribution is 5.90. The lowest BCUT2D eigenvalue weighted by atomic mass is 10.2. The number of aliphatic hydroxyl groups is 2. The minimum atomic E-state index is -0.827. The van der Waals surface area contributed by atoms with Crippen molar-refractivity contribution in [1.82, 2.24) is 9.55 Å². The SMILES string of the molecule is CC(C)C(=O)Nc1ccn([C@@H]2C[C@@H](O)[C@@H](CO)O2)c(=O)n1. The fourth-order valence-electron chi connectivity index (χ4n) is 2.02. The van der Waals surface area contributed by atoms with Gasteiger partial charge in [-0.25, -0.2) is 4.79 Å². The molecule has 0 aromatic carbocycles. The topological polar surface area (TPSA) is 114 Å². The molecule has 1 aromatic heterocycles. The van der Waals surface area contributed by atoms with E-state index >= 15 is 0 Å². The quantitative estimate of drug-likeness (QED) is 0.689. The second-order valence-corrected chi connectivity index (χ2v) is 5.26. The van der Waals surface area contributed by atoms with E-state index in [9.17, 15) is 14.7 Å². The molecule has 0 unspecified atom stereocenters. The Hall–Kier alpha value is -1.77. The van der Waals surface area contributed by atoms with Crippen LogP contribution in [-0.4, -0.2) is 44.5 Å². The van der Waals surface area contributed by atoms with Crippen LogP contribution in [0, 0.1) is 5.92 Å². The number of amides is 1. The Bertz CT molecular complexity index is 571. The fourth-order valence-corrected chi connectivity index (χ4v) is 2.02. The Morgan fingerprint density at radius 1 is 1.62 bits per heavy atom. The summed E-state index contributed by atoms with van der Waals surface area (Å²) in [7, 11) is 0. The zero-order valence-electron chi connectivity index (χ0n) is 11.9. The van der Waals surface area contributed by atoms with Gasteiger partial charge < -0.3 is 20.3 Å². The molecule has 1 fully saturated rings. The van der Waals surface area contributed by atoms with Gasteiger partial charge in [0.1, 0.15) is 18.1 Å². The van der Waals surface area contributed by atoms with Crippen molar-refractivity contribution >= 4 is 11.7 Å². The number of carbonyl (C=O) groups is 1. The van der Waals surface area contributed by atoms with Gasteiger partial charge in [0.2, 0.25) is 5.91 Å². The second-order valence-electron chi connectivity index (χ2n) is 5.26. The maximum atomic E-state index is 12.0. The van der Waals surface area contributed by atoms with Gasteiger partial charge in [0, 0.05) is 18.5 Å². The highest BCUT2D eigenvalue weighted by atomic mass is 16.5. The molecule has 0 bridgehead atoms. The number of carbonyl (C=O) groups excluding carboxylic acids is 1. The average molecular weight is 297 g/mol. The minimum Gasteiger partial charge on any atom is -0.394 e. The van der Waals surface area contributed by atoms with E-state index in [1.807, 2.05) is 0 Å². The summed E-state index contributed by atoms with van der Waals surface area (Å²) in [6.45, 7) is 3.15. The van der Waals surface area contributed by atoms with Crippen LogP contribution in [0.5, 0.6) is 0 Å². The van der Waals surface area contributed by atoms with Crippen LogP contribution < -0.4 is 11.0 Å². The predicted octanol–water partition coefficient (Wildman–Crippen LogP) is -0.522. The number of rotatable bonds is 4. The molecule has 0 spiro atoms. The van der Waals surface area contributed by atoms with Crippen LogP contribution >= 0.6 is 0 Å². The van der Waals surface area contributed by atoms with Crippen molar-refractivity contribution in [1.29, 1.82) is 0 Å². The van der Waals surface area contributed by atoms with Crippen LogP contribution in [0.2, 0.25) is 0 Å². The lowest BCUT2D eigenvalue weighted by molar-refractivity contribution is -0.118. The third kappa shape index (κ3) is 3.46. The summed E-state index contributed by atoms with van der Waals surface area (Å²) >= 11 is 0. The number of hydrogen-bond donors (Lipinski definition) is 3. The van der Waals surface area contributed by atoms with Gasteiger partial charge in [0.15, 0.2) is 0 Å². The second kappa shape index (κ2) is 6.33. The summed E-state index contributed by atoms with van der Waals surface area (Å²) in [5.41, 5.74) is -0.590. The van der Waals surface area contributed by atoms with Gasteiger partial charge in [-0.15, -0.1) is 0 Å². The molecule has 3 atom stereocenters. The summed E-state index contributed by atoms with van der Waals surface area (Å²) in [5.74, 6) is -0.271. The van der Waals surface area contributed by atoms with Gasteiger partial charge >= 0.3 is 5.69 Å². The maximum Gasteiger partial charge on any atom is 0.351 e. The van der Waals surface area contributed by atoms with Crippen molar-refractivity contribution < 1.29 is 19.7 Å². The summed E-state index contributed by atoms with van der Waals surface area (Å²) in [4.78, 5) is 27.3. The smallest absolute Gasteiger partial charge is 0.351 e. The van der Waals surface area contributed by atoms with Crippen LogP contribution in [0.1, 0.15) is 26.5 Å². The molecule has 2 heterocycles. The third-order valence-corrected chi connectivity index (χ3v) is 3.30. The first-order chi connectivity index (χ1) is 9.92. The summed E-state index contributed by atoms with van der Waals surface area (Å²) in [5, 5.41) is 21.2. The molecule has 116 valence electrons. The number of anilines is 1. The molecular weight excluding hydrogens is 278 g/mol. The van der Waals surface area contributed by atoms with Gasteiger partial charge in [-0.05, 0) is 6.07 Å². The standard InChI is InChI=1S/C13H19N3O5/c1-7(2)12(19)14-10-3-4-16(13(20)15-10)11-5-8(18)9(6-17)21-11/h3-4,7-9,11,17-18H,5-6H2,1-2H3,(H,14,15,19,20)/t8-,9-,11+/m1/s1. The average Bonchev–Trinajstić information content (AvgIpc) is 2.79. The Kier molecular flexibility index (Phi) is 4.71. The summed E-state index contributed by atoms with van der Waals surface area (Å²) in [6.07, 6.45) is -0.561. The van der Waals surface area contributed by atoms with E-state index in [1.54, 1.807) is 13.8 Å². The van der Waals surface area contributed by atoms with Gasteiger partial charge in [-0.1, -0.05) is 13.8 Å². The van der Waals surface area contributed by atoms with Gasteiger partial charge in [-0.2, -0.15) is 4.98 Å². The monoisotopic (exact) mass is 297 g/mol. The number of ether oxygens (including phenoxy) is 1. The van der Waals surface area contributed by atoms with Crippen molar-refractivity contribution in [3.8, 4) is 0 Å². The molecule has 0 radical (unpaired) electrons. The van der Waals surface area contributed by atoms with E-state index in [2.05, 4.69) is 10.3 Å². The van der Waals surface area contributed by atoms with Crippen molar-refractivity contribution in [2.45, 2.75) is 38.7 Å². The Labute approximate surface area is 121 Å². The van der Waals surface area contributed by atoms with E-state index in [0.717, 1.165) is 0 Å². The van der Waals surface area contributed by atoms with Crippen LogP contribution in [-0.2, 0) is 9.53 Å². The third-order valence-electron chi connectivity index (χ3n) is 3.30.